The number of thiophene rings is 1. The van der Waals surface area contributed by atoms with Crippen LogP contribution >= 0.6 is 11.3 Å². The van der Waals surface area contributed by atoms with Crippen molar-refractivity contribution in [3.05, 3.63) is 58.3 Å². The van der Waals surface area contributed by atoms with E-state index >= 15 is 0 Å². The van der Waals surface area contributed by atoms with Crippen LogP contribution < -0.4 is 5.32 Å². The van der Waals surface area contributed by atoms with Gasteiger partial charge in [0, 0.05) is 16.5 Å². The molecule has 2 aromatic rings. The molecule has 0 spiro atoms. The molecule has 1 atom stereocenters. The van der Waals surface area contributed by atoms with Crippen LogP contribution in [0.3, 0.4) is 0 Å². The molecular formula is C14H15F2NS. The number of hydrogen-bond donors (Lipinski definition) is 1. The third-order valence-electron chi connectivity index (χ3n) is 2.80. The Morgan fingerprint density at radius 3 is 2.50 bits per heavy atom. The van der Waals surface area contributed by atoms with Crippen LogP contribution in [-0.2, 0) is 5.92 Å². The average Bonchev–Trinajstić information content (AvgIpc) is 2.91. The van der Waals surface area contributed by atoms with Crippen LogP contribution in [0.25, 0.3) is 0 Å². The Labute approximate surface area is 109 Å². The van der Waals surface area contributed by atoms with E-state index in [9.17, 15) is 8.78 Å². The van der Waals surface area contributed by atoms with E-state index in [2.05, 4.69) is 5.32 Å². The van der Waals surface area contributed by atoms with Crippen LogP contribution in [0.4, 0.5) is 8.78 Å². The standard InChI is InChI=1S/C14H15F2NS/c1-11(13-8-5-9-18-13)17-10-14(15,16)12-6-3-2-4-7-12/h2-9,11,17H,10H2,1H3/t11-/m0/s1. The van der Waals surface area contributed by atoms with Crippen LogP contribution in [0.1, 0.15) is 23.4 Å². The highest BCUT2D eigenvalue weighted by atomic mass is 32.1. The van der Waals surface area contributed by atoms with Crippen molar-refractivity contribution in [2.45, 2.75) is 18.9 Å². The summed E-state index contributed by atoms with van der Waals surface area (Å²) in [5.74, 6) is -2.84. The smallest absolute Gasteiger partial charge is 0.285 e. The molecule has 4 heteroatoms. The lowest BCUT2D eigenvalue weighted by atomic mass is 10.1. The zero-order chi connectivity index (χ0) is 13.0. The highest BCUT2D eigenvalue weighted by molar-refractivity contribution is 7.10. The van der Waals surface area contributed by atoms with Gasteiger partial charge in [0.1, 0.15) is 0 Å². The quantitative estimate of drug-likeness (QED) is 0.856. The Kier molecular flexibility index (Phi) is 4.09. The molecule has 0 amide bonds. The van der Waals surface area contributed by atoms with Gasteiger partial charge in [-0.3, -0.25) is 0 Å². The maximum absolute atomic E-state index is 13.9. The summed E-state index contributed by atoms with van der Waals surface area (Å²) in [7, 11) is 0. The summed E-state index contributed by atoms with van der Waals surface area (Å²) in [6.45, 7) is 1.54. The van der Waals surface area contributed by atoms with Gasteiger partial charge < -0.3 is 5.32 Å². The van der Waals surface area contributed by atoms with Gasteiger partial charge in [-0.2, -0.15) is 8.78 Å². The topological polar surface area (TPSA) is 12.0 Å². The number of nitrogens with one attached hydrogen (secondary N) is 1. The molecule has 96 valence electrons. The Morgan fingerprint density at radius 2 is 1.89 bits per heavy atom. The Morgan fingerprint density at radius 1 is 1.17 bits per heavy atom. The SMILES string of the molecule is C[C@H](NCC(F)(F)c1ccccc1)c1cccs1. The van der Waals surface area contributed by atoms with Crippen molar-refractivity contribution in [3.63, 3.8) is 0 Å². The molecule has 0 saturated heterocycles. The summed E-state index contributed by atoms with van der Waals surface area (Å²) in [4.78, 5) is 1.07. The van der Waals surface area contributed by atoms with Crippen LogP contribution in [0.2, 0.25) is 0 Å². The van der Waals surface area contributed by atoms with Crippen LogP contribution in [0, 0.1) is 0 Å². The minimum absolute atomic E-state index is 0.0517. The van der Waals surface area contributed by atoms with E-state index in [1.54, 1.807) is 29.5 Å². The van der Waals surface area contributed by atoms with E-state index in [0.29, 0.717) is 0 Å². The molecule has 1 heterocycles. The molecule has 0 unspecified atom stereocenters. The molecule has 0 saturated carbocycles. The monoisotopic (exact) mass is 267 g/mol. The number of halogens is 2. The molecule has 18 heavy (non-hydrogen) atoms. The minimum atomic E-state index is -2.84. The Hall–Kier alpha value is -1.26. The highest BCUT2D eigenvalue weighted by Crippen LogP contribution is 2.28. The molecule has 0 aliphatic heterocycles. The fraction of sp³-hybridized carbons (Fsp3) is 0.286. The highest BCUT2D eigenvalue weighted by Gasteiger charge is 2.31. The van der Waals surface area contributed by atoms with Gasteiger partial charge in [-0.25, -0.2) is 0 Å². The lowest BCUT2D eigenvalue weighted by Crippen LogP contribution is -2.32. The molecule has 1 aromatic carbocycles. The maximum Gasteiger partial charge on any atom is 0.285 e. The van der Waals surface area contributed by atoms with Gasteiger partial charge in [-0.05, 0) is 18.4 Å². The number of alkyl halides is 2. The van der Waals surface area contributed by atoms with Crippen molar-refractivity contribution >= 4 is 11.3 Å². The van der Waals surface area contributed by atoms with E-state index in [4.69, 9.17) is 0 Å². The summed E-state index contributed by atoms with van der Waals surface area (Å²) in [6.07, 6.45) is 0. The maximum atomic E-state index is 13.9. The predicted octanol–water partition coefficient (Wildman–Crippen LogP) is 4.19. The number of benzene rings is 1. The van der Waals surface area contributed by atoms with Gasteiger partial charge in [-0.1, -0.05) is 36.4 Å². The van der Waals surface area contributed by atoms with Crippen molar-refractivity contribution < 1.29 is 8.78 Å². The van der Waals surface area contributed by atoms with E-state index < -0.39 is 5.92 Å². The van der Waals surface area contributed by atoms with Crippen molar-refractivity contribution in [1.29, 1.82) is 0 Å². The summed E-state index contributed by atoms with van der Waals surface area (Å²) in [6, 6.07) is 11.7. The molecular weight excluding hydrogens is 252 g/mol. The summed E-state index contributed by atoms with van der Waals surface area (Å²) in [5.41, 5.74) is 0.0517. The second-order valence-electron chi connectivity index (χ2n) is 4.19. The molecule has 0 bridgehead atoms. The second-order valence-corrected chi connectivity index (χ2v) is 5.17. The lowest BCUT2D eigenvalue weighted by Gasteiger charge is -2.20. The fourth-order valence-corrected chi connectivity index (χ4v) is 2.46. The van der Waals surface area contributed by atoms with Gasteiger partial charge in [0.2, 0.25) is 0 Å². The van der Waals surface area contributed by atoms with Gasteiger partial charge in [0.25, 0.3) is 5.92 Å². The first-order valence-electron chi connectivity index (χ1n) is 5.80. The normalized spacial score (nSPS) is 13.5. The third-order valence-corrected chi connectivity index (χ3v) is 3.85. The van der Waals surface area contributed by atoms with Crippen molar-refractivity contribution in [1.82, 2.24) is 5.32 Å². The fourth-order valence-electron chi connectivity index (χ4n) is 1.70. The van der Waals surface area contributed by atoms with E-state index in [-0.39, 0.29) is 18.2 Å². The zero-order valence-electron chi connectivity index (χ0n) is 10.1. The van der Waals surface area contributed by atoms with Crippen molar-refractivity contribution in [2.75, 3.05) is 6.54 Å². The van der Waals surface area contributed by atoms with Gasteiger partial charge in [0.05, 0.1) is 6.54 Å². The van der Waals surface area contributed by atoms with Crippen molar-refractivity contribution in [2.24, 2.45) is 0 Å². The molecule has 1 aromatic heterocycles. The van der Waals surface area contributed by atoms with Crippen LogP contribution in [0.5, 0.6) is 0 Å². The van der Waals surface area contributed by atoms with E-state index in [1.807, 2.05) is 24.4 Å². The molecule has 1 nitrogen and oxygen atoms in total. The molecule has 0 aliphatic carbocycles. The van der Waals surface area contributed by atoms with Gasteiger partial charge in [-0.15, -0.1) is 11.3 Å². The summed E-state index contributed by atoms with van der Waals surface area (Å²) < 4.78 is 27.8. The minimum Gasteiger partial charge on any atom is -0.303 e. The van der Waals surface area contributed by atoms with Gasteiger partial charge in [0.15, 0.2) is 0 Å². The Balaban J connectivity index is 1.97. The first-order chi connectivity index (χ1) is 8.59. The lowest BCUT2D eigenvalue weighted by molar-refractivity contribution is -0.00525. The third kappa shape index (κ3) is 3.15. The molecule has 1 N–H and O–H groups in total. The Bertz CT molecular complexity index is 468. The number of rotatable bonds is 5. The molecule has 2 rings (SSSR count). The van der Waals surface area contributed by atoms with Crippen LogP contribution in [0.15, 0.2) is 47.8 Å². The number of hydrogen-bond acceptors (Lipinski definition) is 2. The first kappa shape index (κ1) is 13.2. The van der Waals surface area contributed by atoms with Crippen molar-refractivity contribution in [3.8, 4) is 0 Å². The van der Waals surface area contributed by atoms with E-state index in [1.165, 1.54) is 12.1 Å². The van der Waals surface area contributed by atoms with Gasteiger partial charge >= 0.3 is 0 Å². The summed E-state index contributed by atoms with van der Waals surface area (Å²) in [5, 5.41) is 4.83. The predicted molar refractivity (Wildman–Crippen MR) is 71.1 cm³/mol. The average molecular weight is 267 g/mol. The zero-order valence-corrected chi connectivity index (χ0v) is 10.9. The molecule has 0 aliphatic rings. The second kappa shape index (κ2) is 5.59. The van der Waals surface area contributed by atoms with Crippen LogP contribution in [-0.4, -0.2) is 6.54 Å². The molecule has 0 radical (unpaired) electrons. The summed E-state index contributed by atoms with van der Waals surface area (Å²) >= 11 is 1.57. The molecule has 0 fully saturated rings. The first-order valence-corrected chi connectivity index (χ1v) is 6.68. The van der Waals surface area contributed by atoms with E-state index in [0.717, 1.165) is 4.88 Å². The largest absolute Gasteiger partial charge is 0.303 e.